The predicted molar refractivity (Wildman–Crippen MR) is 59.3 cm³/mol. The van der Waals surface area contributed by atoms with Crippen LogP contribution in [0.15, 0.2) is 24.3 Å². The van der Waals surface area contributed by atoms with Crippen molar-refractivity contribution in [3.05, 3.63) is 29.8 Å². The molecule has 0 radical (unpaired) electrons. The number of phenolic OH excluding ortho intramolecular Hbond substituents is 1. The van der Waals surface area contributed by atoms with E-state index in [1.165, 1.54) is 5.56 Å². The van der Waals surface area contributed by atoms with Crippen LogP contribution in [0.1, 0.15) is 26.3 Å². The van der Waals surface area contributed by atoms with Crippen LogP contribution in [0.4, 0.5) is 0 Å². The molecule has 0 heterocycles. The number of aromatic hydroxyl groups is 1. The number of nitrogens with zero attached hydrogens (tertiary/aromatic N) is 1. The van der Waals surface area contributed by atoms with Gasteiger partial charge in [0.2, 0.25) is 0 Å². The highest BCUT2D eigenvalue weighted by Crippen LogP contribution is 2.13. The van der Waals surface area contributed by atoms with Crippen LogP contribution in [-0.2, 0) is 6.54 Å². The Morgan fingerprint density at radius 1 is 1.36 bits per heavy atom. The molecule has 0 unspecified atom stereocenters. The molecule has 2 nitrogen and oxygen atoms in total. The van der Waals surface area contributed by atoms with E-state index in [2.05, 4.69) is 25.7 Å². The summed E-state index contributed by atoms with van der Waals surface area (Å²) in [4.78, 5) is 2.36. The van der Waals surface area contributed by atoms with Gasteiger partial charge in [-0.3, -0.25) is 4.90 Å². The highest BCUT2D eigenvalue weighted by Gasteiger charge is 2.07. The molecule has 0 fully saturated rings. The van der Waals surface area contributed by atoms with Gasteiger partial charge in [0, 0.05) is 12.6 Å². The Morgan fingerprint density at radius 2 is 2.07 bits per heavy atom. The van der Waals surface area contributed by atoms with Crippen molar-refractivity contribution in [2.24, 2.45) is 0 Å². The first-order valence-corrected chi connectivity index (χ1v) is 5.15. The van der Waals surface area contributed by atoms with Crippen LogP contribution in [-0.4, -0.2) is 22.6 Å². The molecule has 0 amide bonds. The van der Waals surface area contributed by atoms with E-state index in [0.717, 1.165) is 13.1 Å². The Balaban J connectivity index is 2.67. The van der Waals surface area contributed by atoms with Gasteiger partial charge in [-0.05, 0) is 38.1 Å². The predicted octanol–water partition coefficient (Wildman–Crippen LogP) is 2.62. The largest absolute Gasteiger partial charge is 0.508 e. The third-order valence-electron chi connectivity index (χ3n) is 2.43. The Labute approximate surface area is 86.2 Å². The Hall–Kier alpha value is -1.02. The average Bonchev–Trinajstić information content (AvgIpc) is 2.14. The van der Waals surface area contributed by atoms with Crippen molar-refractivity contribution in [2.75, 3.05) is 6.54 Å². The van der Waals surface area contributed by atoms with Gasteiger partial charge in [-0.15, -0.1) is 0 Å². The quantitative estimate of drug-likeness (QED) is 0.794. The normalized spacial score (nSPS) is 11.2. The molecule has 2 heteroatoms. The van der Waals surface area contributed by atoms with Crippen molar-refractivity contribution in [3.8, 4) is 5.75 Å². The van der Waals surface area contributed by atoms with Crippen LogP contribution >= 0.6 is 0 Å². The lowest BCUT2D eigenvalue weighted by molar-refractivity contribution is 0.224. The molecule has 0 bridgehead atoms. The van der Waals surface area contributed by atoms with Crippen LogP contribution in [0.2, 0.25) is 0 Å². The summed E-state index contributed by atoms with van der Waals surface area (Å²) >= 11 is 0. The number of benzene rings is 1. The van der Waals surface area contributed by atoms with Gasteiger partial charge in [0.1, 0.15) is 5.75 Å². The van der Waals surface area contributed by atoms with Gasteiger partial charge in [-0.1, -0.05) is 19.1 Å². The van der Waals surface area contributed by atoms with Gasteiger partial charge < -0.3 is 5.11 Å². The average molecular weight is 193 g/mol. The van der Waals surface area contributed by atoms with Crippen molar-refractivity contribution in [1.29, 1.82) is 0 Å². The van der Waals surface area contributed by atoms with E-state index in [1.54, 1.807) is 6.07 Å². The molecule has 78 valence electrons. The molecule has 0 saturated carbocycles. The minimum Gasteiger partial charge on any atom is -0.508 e. The maximum Gasteiger partial charge on any atom is 0.115 e. The molecule has 0 atom stereocenters. The fraction of sp³-hybridized carbons (Fsp3) is 0.500. The van der Waals surface area contributed by atoms with Crippen molar-refractivity contribution in [1.82, 2.24) is 4.90 Å². The van der Waals surface area contributed by atoms with Crippen LogP contribution in [0.25, 0.3) is 0 Å². The summed E-state index contributed by atoms with van der Waals surface area (Å²) in [6.45, 7) is 8.47. The first-order chi connectivity index (χ1) is 6.63. The molecule has 0 aliphatic rings. The maximum absolute atomic E-state index is 9.32. The number of phenols is 1. The topological polar surface area (TPSA) is 23.5 Å². The summed E-state index contributed by atoms with van der Waals surface area (Å²) in [5.74, 6) is 0.349. The number of hydrogen-bond donors (Lipinski definition) is 1. The molecule has 0 aliphatic heterocycles. The second kappa shape index (κ2) is 5.01. The standard InChI is InChI=1S/C12H19NO/c1-4-13(10(2)3)9-11-6-5-7-12(14)8-11/h5-8,10,14H,4,9H2,1-3H3. The molecule has 14 heavy (non-hydrogen) atoms. The van der Waals surface area contributed by atoms with Crippen molar-refractivity contribution >= 4 is 0 Å². The molecule has 1 aromatic rings. The zero-order valence-electron chi connectivity index (χ0n) is 9.20. The first-order valence-electron chi connectivity index (χ1n) is 5.15. The smallest absolute Gasteiger partial charge is 0.115 e. The van der Waals surface area contributed by atoms with E-state index in [0.29, 0.717) is 11.8 Å². The molecule has 0 aliphatic carbocycles. The number of rotatable bonds is 4. The van der Waals surface area contributed by atoms with Crippen LogP contribution in [0, 0.1) is 0 Å². The fourth-order valence-corrected chi connectivity index (χ4v) is 1.55. The second-order valence-corrected chi connectivity index (χ2v) is 3.83. The summed E-state index contributed by atoms with van der Waals surface area (Å²) in [6, 6.07) is 8.01. The molecule has 1 rings (SSSR count). The van der Waals surface area contributed by atoms with Gasteiger partial charge in [0.15, 0.2) is 0 Å². The molecular weight excluding hydrogens is 174 g/mol. The summed E-state index contributed by atoms with van der Waals surface area (Å²) in [5, 5.41) is 9.32. The molecule has 1 aromatic carbocycles. The lowest BCUT2D eigenvalue weighted by Crippen LogP contribution is -2.29. The summed E-state index contributed by atoms with van der Waals surface area (Å²) in [5.41, 5.74) is 1.17. The third kappa shape index (κ3) is 3.04. The lowest BCUT2D eigenvalue weighted by Gasteiger charge is -2.24. The van der Waals surface area contributed by atoms with Crippen LogP contribution in [0.3, 0.4) is 0 Å². The lowest BCUT2D eigenvalue weighted by atomic mass is 10.2. The van der Waals surface area contributed by atoms with Gasteiger partial charge in [0.05, 0.1) is 0 Å². The SMILES string of the molecule is CCN(Cc1cccc(O)c1)C(C)C. The summed E-state index contributed by atoms with van der Waals surface area (Å²) in [6.07, 6.45) is 0. The van der Waals surface area contributed by atoms with Crippen molar-refractivity contribution < 1.29 is 5.11 Å². The monoisotopic (exact) mass is 193 g/mol. The van der Waals surface area contributed by atoms with E-state index < -0.39 is 0 Å². The van der Waals surface area contributed by atoms with Gasteiger partial charge in [-0.2, -0.15) is 0 Å². The minimum atomic E-state index is 0.349. The highest BCUT2D eigenvalue weighted by molar-refractivity contribution is 5.26. The first kappa shape index (κ1) is 11.1. The van der Waals surface area contributed by atoms with E-state index in [9.17, 15) is 5.11 Å². The van der Waals surface area contributed by atoms with E-state index in [-0.39, 0.29) is 0 Å². The van der Waals surface area contributed by atoms with Crippen LogP contribution < -0.4 is 0 Å². The van der Waals surface area contributed by atoms with E-state index in [1.807, 2.05) is 18.2 Å². The fourth-order valence-electron chi connectivity index (χ4n) is 1.55. The summed E-state index contributed by atoms with van der Waals surface area (Å²) in [7, 11) is 0. The molecule has 0 spiro atoms. The second-order valence-electron chi connectivity index (χ2n) is 3.83. The van der Waals surface area contributed by atoms with E-state index >= 15 is 0 Å². The van der Waals surface area contributed by atoms with Gasteiger partial charge in [-0.25, -0.2) is 0 Å². The highest BCUT2D eigenvalue weighted by atomic mass is 16.3. The van der Waals surface area contributed by atoms with Crippen molar-refractivity contribution in [2.45, 2.75) is 33.4 Å². The molecule has 1 N–H and O–H groups in total. The Kier molecular flexibility index (Phi) is 3.96. The summed E-state index contributed by atoms with van der Waals surface area (Å²) < 4.78 is 0. The van der Waals surface area contributed by atoms with Gasteiger partial charge >= 0.3 is 0 Å². The number of hydrogen-bond acceptors (Lipinski definition) is 2. The molecule has 0 saturated heterocycles. The molecule has 0 aromatic heterocycles. The maximum atomic E-state index is 9.32. The zero-order valence-corrected chi connectivity index (χ0v) is 9.20. The van der Waals surface area contributed by atoms with E-state index in [4.69, 9.17) is 0 Å². The Bertz CT molecular complexity index is 283. The third-order valence-corrected chi connectivity index (χ3v) is 2.43. The molecular formula is C12H19NO. The van der Waals surface area contributed by atoms with Crippen LogP contribution in [0.5, 0.6) is 5.75 Å². The van der Waals surface area contributed by atoms with Gasteiger partial charge in [0.25, 0.3) is 0 Å². The zero-order chi connectivity index (χ0) is 10.6. The Morgan fingerprint density at radius 3 is 2.57 bits per heavy atom. The minimum absolute atomic E-state index is 0.349. The van der Waals surface area contributed by atoms with Crippen molar-refractivity contribution in [3.63, 3.8) is 0 Å².